The molecule has 0 bridgehead atoms. The number of aryl methyl sites for hydroxylation is 6. The molecule has 7 aromatic rings. The number of fused-ring (bicyclic) bond motifs is 4. The zero-order valence-corrected chi connectivity index (χ0v) is 37.4. The maximum absolute atomic E-state index is 12.5. The second-order valence-corrected chi connectivity index (χ2v) is 18.9. The van der Waals surface area contributed by atoms with E-state index in [4.69, 9.17) is 9.47 Å². The van der Waals surface area contributed by atoms with E-state index in [9.17, 15) is 10.2 Å². The molecule has 64 heavy (non-hydrogen) atoms. The van der Waals surface area contributed by atoms with E-state index in [0.29, 0.717) is 34.5 Å². The van der Waals surface area contributed by atoms with Crippen molar-refractivity contribution < 1.29 is 19.7 Å². The molecule has 0 saturated heterocycles. The van der Waals surface area contributed by atoms with Crippen molar-refractivity contribution >= 4 is 0 Å². The van der Waals surface area contributed by atoms with Crippen LogP contribution in [0.4, 0.5) is 0 Å². The fourth-order valence-electron chi connectivity index (χ4n) is 11.7. The molecule has 7 aromatic carbocycles. The lowest BCUT2D eigenvalue weighted by Gasteiger charge is -2.29. The van der Waals surface area contributed by atoms with Gasteiger partial charge in [-0.2, -0.15) is 0 Å². The molecule has 0 saturated carbocycles. The van der Waals surface area contributed by atoms with Gasteiger partial charge >= 0.3 is 0 Å². The average Bonchev–Trinajstić information content (AvgIpc) is 3.32. The van der Waals surface area contributed by atoms with Crippen molar-refractivity contribution in [1.82, 2.24) is 0 Å². The number of benzene rings is 7. The van der Waals surface area contributed by atoms with Crippen LogP contribution in [0.1, 0.15) is 107 Å². The summed E-state index contributed by atoms with van der Waals surface area (Å²) in [6.45, 7) is 4.27. The van der Waals surface area contributed by atoms with Crippen LogP contribution in [0.3, 0.4) is 0 Å². The number of ether oxygens (including phenoxy) is 2. The number of aromatic hydroxyl groups is 2. The summed E-state index contributed by atoms with van der Waals surface area (Å²) in [5.74, 6) is 2.99. The Hall–Kier alpha value is -6.26. The van der Waals surface area contributed by atoms with E-state index in [1.165, 1.54) is 107 Å². The Labute approximate surface area is 378 Å². The van der Waals surface area contributed by atoms with E-state index in [0.717, 1.165) is 95.9 Å². The van der Waals surface area contributed by atoms with E-state index in [2.05, 4.69) is 50.2 Å². The summed E-state index contributed by atoms with van der Waals surface area (Å²) in [7, 11) is 0. The maximum atomic E-state index is 12.5. The van der Waals surface area contributed by atoms with Crippen molar-refractivity contribution in [2.24, 2.45) is 0 Å². The Morgan fingerprint density at radius 3 is 0.984 bits per heavy atom. The van der Waals surface area contributed by atoms with E-state index >= 15 is 0 Å². The van der Waals surface area contributed by atoms with Gasteiger partial charge in [0, 0.05) is 33.4 Å². The van der Waals surface area contributed by atoms with Gasteiger partial charge in [-0.15, -0.1) is 0 Å². The van der Waals surface area contributed by atoms with Gasteiger partial charge in [0.1, 0.15) is 23.0 Å². The highest BCUT2D eigenvalue weighted by Gasteiger charge is 2.29. The Morgan fingerprint density at radius 1 is 0.328 bits per heavy atom. The first-order valence-corrected chi connectivity index (χ1v) is 24.0. The molecule has 0 amide bonds. The van der Waals surface area contributed by atoms with Crippen LogP contribution in [0.2, 0.25) is 0 Å². The molecule has 322 valence electrons. The van der Waals surface area contributed by atoms with Crippen LogP contribution in [-0.2, 0) is 51.4 Å². The summed E-state index contributed by atoms with van der Waals surface area (Å²) in [6.07, 6.45) is 18.3. The first-order valence-electron chi connectivity index (χ1n) is 24.0. The van der Waals surface area contributed by atoms with Gasteiger partial charge in [0.05, 0.1) is 0 Å². The Kier molecular flexibility index (Phi) is 10.8. The molecule has 0 aromatic heterocycles. The van der Waals surface area contributed by atoms with Crippen LogP contribution in [0.5, 0.6) is 34.5 Å². The summed E-state index contributed by atoms with van der Waals surface area (Å²) in [4.78, 5) is 0. The van der Waals surface area contributed by atoms with Gasteiger partial charge in [-0.05, 0) is 232 Å². The highest BCUT2D eigenvalue weighted by atomic mass is 16.5. The molecule has 0 atom stereocenters. The number of para-hydroxylation sites is 4. The van der Waals surface area contributed by atoms with Gasteiger partial charge < -0.3 is 19.7 Å². The Morgan fingerprint density at radius 2 is 0.625 bits per heavy atom. The number of hydrogen-bond donors (Lipinski definition) is 2. The summed E-state index contributed by atoms with van der Waals surface area (Å²) in [6, 6.07) is 37.3. The zero-order chi connectivity index (χ0) is 43.3. The lowest BCUT2D eigenvalue weighted by Crippen LogP contribution is -2.13. The fourth-order valence-corrected chi connectivity index (χ4v) is 11.7. The Balaban J connectivity index is 0.963. The van der Waals surface area contributed by atoms with Crippen molar-refractivity contribution in [2.75, 3.05) is 0 Å². The van der Waals surface area contributed by atoms with Gasteiger partial charge in [0.2, 0.25) is 0 Å². The molecule has 4 aliphatic rings. The number of phenols is 2. The lowest BCUT2D eigenvalue weighted by molar-refractivity contribution is 0.420. The smallest absolute Gasteiger partial charge is 0.169 e. The molecule has 4 nitrogen and oxygen atoms in total. The van der Waals surface area contributed by atoms with Gasteiger partial charge in [-0.3, -0.25) is 0 Å². The molecule has 4 aliphatic carbocycles. The summed E-state index contributed by atoms with van der Waals surface area (Å²) >= 11 is 0. The third-order valence-corrected chi connectivity index (χ3v) is 14.6. The van der Waals surface area contributed by atoms with Gasteiger partial charge in [-0.25, -0.2) is 0 Å². The first-order chi connectivity index (χ1) is 31.4. The molecule has 0 radical (unpaired) electrons. The average molecular weight is 843 g/mol. The second kappa shape index (κ2) is 17.0. The molecular formula is C60H58O4. The molecule has 11 rings (SSSR count). The molecular weight excluding hydrogens is 785 g/mol. The predicted octanol–water partition coefficient (Wildman–Crippen LogP) is 15.5. The third kappa shape index (κ3) is 7.35. The van der Waals surface area contributed by atoms with Crippen molar-refractivity contribution in [2.45, 2.75) is 117 Å². The standard InChI is InChI=1S/C60H58O4/c1-37-31-49(59(61)51(33-37)57-43-21-7-3-17-39(43)35-40-18-4-8-22-44(40)57)47-25-11-13-27-53(47)63-55-29-15-16-30-56(55)64-54-28-14-12-26-48(54)50-32-38(2)34-52(60(50)62)58-45-23-9-5-19-41(45)36-42-20-6-10-24-46(42)58/h11-16,25-36,61-62H,3-10,17-24H2,1-2H3. The van der Waals surface area contributed by atoms with Gasteiger partial charge in [0.15, 0.2) is 11.5 Å². The topological polar surface area (TPSA) is 58.9 Å². The molecule has 2 N–H and O–H groups in total. The number of rotatable bonds is 8. The van der Waals surface area contributed by atoms with E-state index in [-0.39, 0.29) is 0 Å². The highest BCUT2D eigenvalue weighted by molar-refractivity contribution is 5.90. The van der Waals surface area contributed by atoms with Crippen molar-refractivity contribution in [3.05, 3.63) is 165 Å². The zero-order valence-electron chi connectivity index (χ0n) is 37.4. The normalized spacial score (nSPS) is 15.4. The summed E-state index contributed by atoms with van der Waals surface area (Å²) in [5, 5.41) is 24.9. The monoisotopic (exact) mass is 842 g/mol. The van der Waals surface area contributed by atoms with Crippen molar-refractivity contribution in [1.29, 1.82) is 0 Å². The first kappa shape index (κ1) is 40.5. The number of hydrogen-bond acceptors (Lipinski definition) is 4. The predicted molar refractivity (Wildman–Crippen MR) is 261 cm³/mol. The molecule has 4 heteroatoms. The maximum Gasteiger partial charge on any atom is 0.169 e. The van der Waals surface area contributed by atoms with Crippen molar-refractivity contribution in [3.63, 3.8) is 0 Å². The SMILES string of the molecule is Cc1cc(-c2ccccc2Oc2ccccc2Oc2ccccc2-c2cc(C)cc(-c3c4c(cc5c3CCCC5)CCCC4)c2O)c(O)c(-c2c3c(cc4c2CCCC4)CCCC3)c1. The van der Waals surface area contributed by atoms with Crippen LogP contribution in [-0.4, -0.2) is 10.2 Å². The quantitative estimate of drug-likeness (QED) is 0.160. The molecule has 0 aliphatic heterocycles. The Bertz CT molecular complexity index is 2690. The minimum atomic E-state index is 0.306. The molecule has 0 heterocycles. The van der Waals surface area contributed by atoms with E-state index in [1.54, 1.807) is 0 Å². The highest BCUT2D eigenvalue weighted by Crippen LogP contribution is 2.51. The van der Waals surface area contributed by atoms with Crippen LogP contribution < -0.4 is 9.47 Å². The van der Waals surface area contributed by atoms with Crippen LogP contribution in [0.25, 0.3) is 44.5 Å². The third-order valence-electron chi connectivity index (χ3n) is 14.6. The molecule has 0 unspecified atom stereocenters. The summed E-state index contributed by atoms with van der Waals surface area (Å²) in [5.41, 5.74) is 21.4. The van der Waals surface area contributed by atoms with Crippen LogP contribution in [0.15, 0.2) is 109 Å². The van der Waals surface area contributed by atoms with Crippen molar-refractivity contribution in [3.8, 4) is 79.0 Å². The van der Waals surface area contributed by atoms with Gasteiger partial charge in [-0.1, -0.05) is 60.7 Å². The largest absolute Gasteiger partial charge is 0.507 e. The fraction of sp³-hybridized carbons (Fsp3) is 0.300. The molecule has 0 spiro atoms. The minimum Gasteiger partial charge on any atom is -0.507 e. The van der Waals surface area contributed by atoms with E-state index in [1.807, 2.05) is 72.8 Å². The second-order valence-electron chi connectivity index (χ2n) is 18.9. The minimum absolute atomic E-state index is 0.306. The van der Waals surface area contributed by atoms with Crippen LogP contribution in [0, 0.1) is 13.8 Å². The molecule has 0 fully saturated rings. The van der Waals surface area contributed by atoms with Crippen LogP contribution >= 0.6 is 0 Å². The van der Waals surface area contributed by atoms with Gasteiger partial charge in [0.25, 0.3) is 0 Å². The lowest BCUT2D eigenvalue weighted by atomic mass is 9.76. The summed E-state index contributed by atoms with van der Waals surface area (Å²) < 4.78 is 13.7. The number of phenolic OH excluding ortho intramolecular Hbond substituents is 2. The van der Waals surface area contributed by atoms with E-state index < -0.39 is 0 Å².